The zero-order chi connectivity index (χ0) is 20.4. The van der Waals surface area contributed by atoms with Gasteiger partial charge in [0, 0.05) is 31.1 Å². The van der Waals surface area contributed by atoms with Crippen LogP contribution in [0.1, 0.15) is 48.3 Å². The largest absolute Gasteiger partial charge is 0.382 e. The van der Waals surface area contributed by atoms with E-state index in [0.29, 0.717) is 19.1 Å². The summed E-state index contributed by atoms with van der Waals surface area (Å²) in [5, 5.41) is 0. The number of ether oxygens (including phenoxy) is 1. The maximum atomic E-state index is 13.6. The summed E-state index contributed by atoms with van der Waals surface area (Å²) in [5.74, 6) is 0.339. The van der Waals surface area contributed by atoms with Crippen LogP contribution in [0.5, 0.6) is 0 Å². The van der Waals surface area contributed by atoms with Gasteiger partial charge in [0.1, 0.15) is 6.67 Å². The number of rotatable bonds is 7. The maximum Gasteiger partial charge on any atom is 0.112 e. The van der Waals surface area contributed by atoms with Crippen LogP contribution in [-0.2, 0) is 11.3 Å². The number of aromatic nitrogens is 3. The second-order valence-electron chi connectivity index (χ2n) is 7.59. The van der Waals surface area contributed by atoms with Gasteiger partial charge in [0.25, 0.3) is 0 Å². The fraction of sp³-hybridized carbons (Fsp3) is 0.455. The van der Waals surface area contributed by atoms with Gasteiger partial charge in [-0.3, -0.25) is 4.98 Å². The van der Waals surface area contributed by atoms with E-state index >= 15 is 0 Å². The molecule has 2 N–H and O–H groups in total. The quantitative estimate of drug-likeness (QED) is 0.653. The molecule has 28 heavy (non-hydrogen) atoms. The molecule has 1 atom stereocenters. The van der Waals surface area contributed by atoms with Crippen molar-refractivity contribution in [2.75, 3.05) is 20.4 Å². The lowest BCUT2D eigenvalue weighted by molar-refractivity contribution is 0.142. The van der Waals surface area contributed by atoms with Crippen molar-refractivity contribution in [2.24, 2.45) is 5.73 Å². The van der Waals surface area contributed by atoms with E-state index in [-0.39, 0.29) is 6.04 Å². The first kappa shape index (κ1) is 20.4. The number of fused-ring (bicyclic) bond motifs is 1. The van der Waals surface area contributed by atoms with Crippen molar-refractivity contribution < 1.29 is 9.13 Å². The van der Waals surface area contributed by atoms with Gasteiger partial charge < -0.3 is 15.0 Å². The van der Waals surface area contributed by atoms with Gasteiger partial charge in [0.05, 0.1) is 35.1 Å². The molecule has 0 spiro atoms. The van der Waals surface area contributed by atoms with Gasteiger partial charge in [-0.2, -0.15) is 0 Å². The molecule has 0 unspecified atom stereocenters. The second kappa shape index (κ2) is 8.37. The number of hydrogen-bond acceptors (Lipinski definition) is 4. The summed E-state index contributed by atoms with van der Waals surface area (Å²) in [5.41, 5.74) is 13.5. The summed E-state index contributed by atoms with van der Waals surface area (Å²) < 4.78 is 20.7. The van der Waals surface area contributed by atoms with Crippen molar-refractivity contribution in [1.29, 1.82) is 0 Å². The number of hydrogen-bond donors (Lipinski definition) is 1. The average molecular weight is 384 g/mol. The summed E-state index contributed by atoms with van der Waals surface area (Å²) >= 11 is 0. The molecule has 5 nitrogen and oxygen atoms in total. The minimum Gasteiger partial charge on any atom is -0.382 e. The van der Waals surface area contributed by atoms with Crippen LogP contribution < -0.4 is 5.73 Å². The number of nitrogens with two attached hydrogens (primary N) is 1. The molecule has 3 aromatic heterocycles. The minimum absolute atomic E-state index is 0.318. The Morgan fingerprint density at radius 2 is 1.93 bits per heavy atom. The SMILES string of the molecule is COC[C@H](CF)n1cc(C)c2nc(-c3ccc(C(C)C)nc3CN)c(C)cc21. The Morgan fingerprint density at radius 1 is 1.18 bits per heavy atom. The minimum atomic E-state index is -0.490. The summed E-state index contributed by atoms with van der Waals surface area (Å²) in [6.45, 7) is 8.43. The molecule has 6 heteroatoms. The monoisotopic (exact) mass is 384 g/mol. The van der Waals surface area contributed by atoms with E-state index in [1.165, 1.54) is 0 Å². The van der Waals surface area contributed by atoms with E-state index in [9.17, 15) is 4.39 Å². The third kappa shape index (κ3) is 3.66. The van der Waals surface area contributed by atoms with Crippen LogP contribution in [0.15, 0.2) is 24.4 Å². The third-order valence-corrected chi connectivity index (χ3v) is 5.14. The highest BCUT2D eigenvalue weighted by atomic mass is 19.1. The molecule has 0 fully saturated rings. The van der Waals surface area contributed by atoms with Crippen molar-refractivity contribution in [3.8, 4) is 11.3 Å². The molecule has 0 radical (unpaired) electrons. The zero-order valence-electron chi connectivity index (χ0n) is 17.3. The number of aryl methyl sites for hydroxylation is 2. The molecule has 0 aliphatic carbocycles. The molecule has 3 heterocycles. The Bertz CT molecular complexity index is 980. The second-order valence-corrected chi connectivity index (χ2v) is 7.59. The molecule has 3 aromatic rings. The van der Waals surface area contributed by atoms with Crippen LogP contribution in [0.2, 0.25) is 0 Å². The smallest absolute Gasteiger partial charge is 0.112 e. The molecule has 0 amide bonds. The molecular weight excluding hydrogens is 355 g/mol. The molecule has 0 aliphatic rings. The summed E-state index contributed by atoms with van der Waals surface area (Å²) in [4.78, 5) is 9.69. The fourth-order valence-electron chi connectivity index (χ4n) is 3.60. The van der Waals surface area contributed by atoms with Crippen LogP contribution in [-0.4, -0.2) is 34.9 Å². The Hall–Kier alpha value is -2.31. The van der Waals surface area contributed by atoms with E-state index in [1.54, 1.807) is 7.11 Å². The van der Waals surface area contributed by atoms with Gasteiger partial charge in [0.15, 0.2) is 0 Å². The highest BCUT2D eigenvalue weighted by Gasteiger charge is 2.19. The number of nitrogens with zero attached hydrogens (tertiary/aromatic N) is 3. The Kier molecular flexibility index (Phi) is 6.10. The van der Waals surface area contributed by atoms with Gasteiger partial charge >= 0.3 is 0 Å². The molecule has 3 rings (SSSR count). The molecule has 0 aromatic carbocycles. The number of methoxy groups -OCH3 is 1. The highest BCUT2D eigenvalue weighted by molar-refractivity contribution is 5.84. The van der Waals surface area contributed by atoms with Crippen molar-refractivity contribution >= 4 is 11.0 Å². The average Bonchev–Trinajstić information content (AvgIpc) is 3.00. The summed E-state index contributed by atoms with van der Waals surface area (Å²) in [6, 6.07) is 5.81. The van der Waals surface area contributed by atoms with E-state index in [4.69, 9.17) is 20.4 Å². The number of alkyl halides is 1. The first-order valence-electron chi connectivity index (χ1n) is 9.65. The molecule has 0 aliphatic heterocycles. The van der Waals surface area contributed by atoms with Gasteiger partial charge in [0.2, 0.25) is 0 Å². The van der Waals surface area contributed by atoms with Crippen molar-refractivity contribution in [3.63, 3.8) is 0 Å². The molecule has 0 saturated carbocycles. The molecular formula is C22H29FN4O. The molecule has 150 valence electrons. The molecule has 0 bridgehead atoms. The lowest BCUT2D eigenvalue weighted by atomic mass is 10.0. The van der Waals surface area contributed by atoms with Crippen LogP contribution in [0.25, 0.3) is 22.3 Å². The van der Waals surface area contributed by atoms with Gasteiger partial charge in [-0.15, -0.1) is 0 Å². The van der Waals surface area contributed by atoms with Crippen molar-refractivity contribution in [3.05, 3.63) is 46.9 Å². The first-order valence-corrected chi connectivity index (χ1v) is 9.65. The Morgan fingerprint density at radius 3 is 2.54 bits per heavy atom. The van der Waals surface area contributed by atoms with E-state index in [1.807, 2.05) is 30.7 Å². The van der Waals surface area contributed by atoms with E-state index in [2.05, 4.69) is 26.0 Å². The highest BCUT2D eigenvalue weighted by Crippen LogP contribution is 2.31. The summed E-state index contributed by atoms with van der Waals surface area (Å²) in [6.07, 6.45) is 1.95. The van der Waals surface area contributed by atoms with Crippen LogP contribution >= 0.6 is 0 Å². The lowest BCUT2D eigenvalue weighted by Crippen LogP contribution is -2.16. The van der Waals surface area contributed by atoms with Gasteiger partial charge in [-0.1, -0.05) is 13.8 Å². The third-order valence-electron chi connectivity index (χ3n) is 5.14. The number of halogens is 1. The summed E-state index contributed by atoms with van der Waals surface area (Å²) in [7, 11) is 1.59. The van der Waals surface area contributed by atoms with Crippen molar-refractivity contribution in [1.82, 2.24) is 14.5 Å². The van der Waals surface area contributed by atoms with Crippen LogP contribution in [0, 0.1) is 13.8 Å². The van der Waals surface area contributed by atoms with Crippen LogP contribution in [0.3, 0.4) is 0 Å². The standard InChI is InChI=1S/C22H29FN4O/c1-13(2)18-7-6-17(19(10-24)25-18)21-14(3)8-20-22(26-21)15(4)11-27(20)16(9-23)12-28-5/h6-8,11,13,16H,9-10,12,24H2,1-5H3/t16-/m0/s1. The van der Waals surface area contributed by atoms with Gasteiger partial charge in [-0.05, 0) is 49.1 Å². The fourth-order valence-corrected chi connectivity index (χ4v) is 3.60. The molecule has 0 saturated heterocycles. The lowest BCUT2D eigenvalue weighted by Gasteiger charge is -2.17. The predicted molar refractivity (Wildman–Crippen MR) is 111 cm³/mol. The zero-order valence-corrected chi connectivity index (χ0v) is 17.3. The van der Waals surface area contributed by atoms with Crippen molar-refractivity contribution in [2.45, 2.75) is 46.2 Å². The van der Waals surface area contributed by atoms with E-state index < -0.39 is 6.67 Å². The first-order chi connectivity index (χ1) is 13.4. The predicted octanol–water partition coefficient (Wildman–Crippen LogP) is 4.45. The Labute approximate surface area is 165 Å². The number of pyridine rings is 2. The maximum absolute atomic E-state index is 13.6. The van der Waals surface area contributed by atoms with Gasteiger partial charge in [-0.25, -0.2) is 9.37 Å². The van der Waals surface area contributed by atoms with Crippen LogP contribution in [0.4, 0.5) is 4.39 Å². The Balaban J connectivity index is 2.17. The van der Waals surface area contributed by atoms with E-state index in [0.717, 1.165) is 44.8 Å². The normalized spacial score (nSPS) is 12.9. The topological polar surface area (TPSA) is 66.0 Å².